The van der Waals surface area contributed by atoms with Crippen LogP contribution in [0.15, 0.2) is 72.8 Å². The molecule has 2 fully saturated rings. The number of methoxy groups -OCH3 is 1. The minimum atomic E-state index is 0.633. The van der Waals surface area contributed by atoms with Gasteiger partial charge in [-0.1, -0.05) is 36.4 Å². The van der Waals surface area contributed by atoms with E-state index < -0.39 is 0 Å². The van der Waals surface area contributed by atoms with Crippen LogP contribution in [0.4, 0.5) is 11.4 Å². The third kappa shape index (κ3) is 8.21. The monoisotopic (exact) mass is 544 g/mol. The molecule has 2 saturated heterocycles. The first-order chi connectivity index (χ1) is 19.7. The molecule has 2 aliphatic heterocycles. The molecule has 40 heavy (non-hydrogen) atoms. The van der Waals surface area contributed by atoms with Crippen LogP contribution < -0.4 is 14.5 Å². The fourth-order valence-corrected chi connectivity index (χ4v) is 5.34. The molecule has 3 aromatic rings. The van der Waals surface area contributed by atoms with Gasteiger partial charge in [0.05, 0.1) is 33.5 Å². The molecule has 0 amide bonds. The fraction of sp³-hybridized carbons (Fsp3) is 0.455. The second-order valence-corrected chi connectivity index (χ2v) is 10.8. The summed E-state index contributed by atoms with van der Waals surface area (Å²) < 4.78 is 16.9. The van der Waals surface area contributed by atoms with E-state index in [0.29, 0.717) is 6.61 Å². The number of anilines is 2. The number of hydrogen-bond donors (Lipinski definition) is 0. The number of rotatable bonds is 12. The van der Waals surface area contributed by atoms with Crippen molar-refractivity contribution < 1.29 is 14.2 Å². The van der Waals surface area contributed by atoms with E-state index in [1.165, 1.54) is 28.1 Å². The van der Waals surface area contributed by atoms with E-state index in [9.17, 15) is 0 Å². The zero-order chi connectivity index (χ0) is 27.6. The van der Waals surface area contributed by atoms with Crippen LogP contribution in [-0.4, -0.2) is 89.6 Å². The van der Waals surface area contributed by atoms with Gasteiger partial charge in [0, 0.05) is 70.3 Å². The first-order valence-electron chi connectivity index (χ1n) is 14.5. The molecule has 0 unspecified atom stereocenters. The molecule has 3 aromatic carbocycles. The highest BCUT2D eigenvalue weighted by molar-refractivity contribution is 5.51. The summed E-state index contributed by atoms with van der Waals surface area (Å²) in [5, 5.41) is 0. The van der Waals surface area contributed by atoms with Crippen LogP contribution in [0, 0.1) is 0 Å². The molecule has 0 aliphatic carbocycles. The summed E-state index contributed by atoms with van der Waals surface area (Å²) >= 11 is 0. The lowest BCUT2D eigenvalue weighted by atomic mass is 10.1. The molecule has 0 aromatic heterocycles. The van der Waals surface area contributed by atoms with Crippen LogP contribution in [-0.2, 0) is 29.2 Å². The maximum absolute atomic E-state index is 5.99. The maximum Gasteiger partial charge on any atom is 0.119 e. The lowest BCUT2D eigenvalue weighted by Crippen LogP contribution is -2.44. The normalized spacial score (nSPS) is 16.7. The number of piperazine rings is 1. The minimum Gasteiger partial charge on any atom is -0.497 e. The third-order valence-electron chi connectivity index (χ3n) is 7.91. The smallest absolute Gasteiger partial charge is 0.119 e. The van der Waals surface area contributed by atoms with Crippen LogP contribution in [0.1, 0.15) is 16.7 Å². The molecular formula is C33H44N4O3. The SMILES string of the molecule is COc1cccc(CN(Cc2ccc(N3CCN(C)CC3)cc2)c2ccc(COCCN3CCOCC3)cc2)c1. The minimum absolute atomic E-state index is 0.633. The van der Waals surface area contributed by atoms with Crippen molar-refractivity contribution in [2.24, 2.45) is 0 Å². The Morgan fingerprint density at radius 2 is 1.48 bits per heavy atom. The van der Waals surface area contributed by atoms with Gasteiger partial charge in [0.1, 0.15) is 5.75 Å². The number of hydrogen-bond acceptors (Lipinski definition) is 7. The molecule has 0 spiro atoms. The lowest BCUT2D eigenvalue weighted by molar-refractivity contribution is 0.0180. The van der Waals surface area contributed by atoms with Crippen molar-refractivity contribution in [3.05, 3.63) is 89.5 Å². The number of benzene rings is 3. The van der Waals surface area contributed by atoms with Crippen molar-refractivity contribution in [1.29, 1.82) is 0 Å². The Kier molecular flexibility index (Phi) is 10.3. The molecule has 0 radical (unpaired) electrons. The van der Waals surface area contributed by atoms with E-state index in [0.717, 1.165) is 84.5 Å². The Labute approximate surface area is 239 Å². The van der Waals surface area contributed by atoms with E-state index in [2.05, 4.69) is 93.4 Å². The van der Waals surface area contributed by atoms with Crippen LogP contribution in [0.5, 0.6) is 5.75 Å². The Bertz CT molecular complexity index is 1160. The Hall–Kier alpha value is -3.10. The molecule has 7 heteroatoms. The van der Waals surface area contributed by atoms with Gasteiger partial charge in [0.2, 0.25) is 0 Å². The number of likely N-dealkylation sites (N-methyl/N-ethyl adjacent to an activating group) is 1. The number of nitrogens with zero attached hydrogens (tertiary/aromatic N) is 4. The summed E-state index contributed by atoms with van der Waals surface area (Å²) in [6.07, 6.45) is 0. The van der Waals surface area contributed by atoms with Gasteiger partial charge in [-0.15, -0.1) is 0 Å². The Balaban J connectivity index is 1.23. The highest BCUT2D eigenvalue weighted by Gasteiger charge is 2.15. The molecular weight excluding hydrogens is 500 g/mol. The Morgan fingerprint density at radius 3 is 2.20 bits per heavy atom. The topological polar surface area (TPSA) is 40.7 Å². The van der Waals surface area contributed by atoms with E-state index in [-0.39, 0.29) is 0 Å². The molecule has 0 atom stereocenters. The quantitative estimate of drug-likeness (QED) is 0.311. The van der Waals surface area contributed by atoms with Crippen LogP contribution in [0.2, 0.25) is 0 Å². The van der Waals surface area contributed by atoms with Gasteiger partial charge in [-0.3, -0.25) is 4.90 Å². The van der Waals surface area contributed by atoms with Crippen molar-refractivity contribution >= 4 is 11.4 Å². The summed E-state index contributed by atoms with van der Waals surface area (Å²) in [6.45, 7) is 12.0. The standard InChI is InChI=1S/C33H44N4O3/c1-34-14-16-36(17-15-34)31-10-6-28(7-11-31)25-37(26-30-4-3-5-33(24-30)38-2)32-12-8-29(9-13-32)27-40-23-20-35-18-21-39-22-19-35/h3-13,24H,14-23,25-27H2,1-2H3. The summed E-state index contributed by atoms with van der Waals surface area (Å²) in [4.78, 5) is 9.72. The largest absolute Gasteiger partial charge is 0.497 e. The van der Waals surface area contributed by atoms with Crippen molar-refractivity contribution in [3.63, 3.8) is 0 Å². The van der Waals surface area contributed by atoms with Gasteiger partial charge in [-0.2, -0.15) is 0 Å². The molecule has 2 heterocycles. The second kappa shape index (κ2) is 14.5. The predicted octanol–water partition coefficient (Wildman–Crippen LogP) is 4.50. The highest BCUT2D eigenvalue weighted by atomic mass is 16.5. The highest BCUT2D eigenvalue weighted by Crippen LogP contribution is 2.24. The van der Waals surface area contributed by atoms with Gasteiger partial charge >= 0.3 is 0 Å². The Morgan fingerprint density at radius 1 is 0.775 bits per heavy atom. The average molecular weight is 545 g/mol. The van der Waals surface area contributed by atoms with Crippen molar-refractivity contribution in [2.75, 3.05) is 89.6 Å². The molecule has 214 valence electrons. The van der Waals surface area contributed by atoms with Crippen molar-refractivity contribution in [1.82, 2.24) is 9.80 Å². The van der Waals surface area contributed by atoms with E-state index >= 15 is 0 Å². The van der Waals surface area contributed by atoms with Crippen LogP contribution in [0.25, 0.3) is 0 Å². The summed E-state index contributed by atoms with van der Waals surface area (Å²) in [5.74, 6) is 0.888. The van der Waals surface area contributed by atoms with Gasteiger partial charge in [-0.25, -0.2) is 0 Å². The predicted molar refractivity (Wildman–Crippen MR) is 162 cm³/mol. The molecule has 0 saturated carbocycles. The summed E-state index contributed by atoms with van der Waals surface area (Å²) in [6, 6.07) is 26.3. The first kappa shape index (κ1) is 28.4. The van der Waals surface area contributed by atoms with Gasteiger partial charge < -0.3 is 28.9 Å². The summed E-state index contributed by atoms with van der Waals surface area (Å²) in [7, 11) is 3.92. The zero-order valence-electron chi connectivity index (χ0n) is 24.1. The molecule has 0 N–H and O–H groups in total. The van der Waals surface area contributed by atoms with E-state index in [4.69, 9.17) is 14.2 Å². The summed E-state index contributed by atoms with van der Waals surface area (Å²) in [5.41, 5.74) is 6.24. The van der Waals surface area contributed by atoms with E-state index in [1.54, 1.807) is 7.11 Å². The van der Waals surface area contributed by atoms with Crippen LogP contribution in [0.3, 0.4) is 0 Å². The average Bonchev–Trinajstić information content (AvgIpc) is 3.01. The molecule has 0 bridgehead atoms. The molecule has 7 nitrogen and oxygen atoms in total. The number of morpholine rings is 1. The van der Waals surface area contributed by atoms with Gasteiger partial charge in [-0.05, 0) is 60.1 Å². The number of ether oxygens (including phenoxy) is 3. The molecule has 5 rings (SSSR count). The first-order valence-corrected chi connectivity index (χ1v) is 14.5. The van der Waals surface area contributed by atoms with Crippen molar-refractivity contribution in [2.45, 2.75) is 19.7 Å². The maximum atomic E-state index is 5.99. The van der Waals surface area contributed by atoms with Gasteiger partial charge in [0.25, 0.3) is 0 Å². The van der Waals surface area contributed by atoms with E-state index in [1.807, 2.05) is 6.07 Å². The third-order valence-corrected chi connectivity index (χ3v) is 7.91. The zero-order valence-corrected chi connectivity index (χ0v) is 24.1. The van der Waals surface area contributed by atoms with Crippen molar-refractivity contribution in [3.8, 4) is 5.75 Å². The molecule has 2 aliphatic rings. The lowest BCUT2D eigenvalue weighted by Gasteiger charge is -2.34. The second-order valence-electron chi connectivity index (χ2n) is 10.8. The van der Waals surface area contributed by atoms with Gasteiger partial charge in [0.15, 0.2) is 0 Å². The van der Waals surface area contributed by atoms with Crippen LogP contribution >= 0.6 is 0 Å². The fourth-order valence-electron chi connectivity index (χ4n) is 5.34.